The Morgan fingerprint density at radius 1 is 1.12 bits per heavy atom. The predicted octanol–water partition coefficient (Wildman–Crippen LogP) is 3.53. The van der Waals surface area contributed by atoms with Crippen LogP contribution in [0.1, 0.15) is 13.3 Å². The maximum Gasteiger partial charge on any atom is 0.422 e. The average molecular weight is 286 g/mol. The Morgan fingerprint density at radius 3 is 1.94 bits per heavy atom. The van der Waals surface area contributed by atoms with E-state index in [-0.39, 0.29) is 0 Å². The van der Waals surface area contributed by atoms with Crippen LogP contribution in [0.25, 0.3) is 0 Å². The molecule has 102 valence electrons. The SMILES string of the molecule is CC(=O)SCCC(F)(F)C(F)C(F)C(F)(F)F. The highest BCUT2D eigenvalue weighted by atomic mass is 32.2. The zero-order valence-corrected chi connectivity index (χ0v) is 9.35. The molecule has 0 spiro atoms. The van der Waals surface area contributed by atoms with Crippen molar-refractivity contribution in [2.24, 2.45) is 0 Å². The number of alkyl halides is 7. The van der Waals surface area contributed by atoms with Crippen molar-refractivity contribution >= 4 is 16.9 Å². The fourth-order valence-corrected chi connectivity index (χ4v) is 1.51. The van der Waals surface area contributed by atoms with Gasteiger partial charge in [0.05, 0.1) is 0 Å². The Balaban J connectivity index is 4.43. The Kier molecular flexibility index (Phi) is 5.76. The molecule has 9 heteroatoms. The normalized spacial score (nSPS) is 16.7. The van der Waals surface area contributed by atoms with E-state index in [2.05, 4.69) is 0 Å². The fraction of sp³-hybridized carbons (Fsp3) is 0.875. The first-order chi connectivity index (χ1) is 7.48. The minimum atomic E-state index is -5.67. The van der Waals surface area contributed by atoms with Gasteiger partial charge in [0, 0.05) is 19.1 Å². The summed E-state index contributed by atoms with van der Waals surface area (Å²) in [5.41, 5.74) is 0. The fourth-order valence-electron chi connectivity index (χ4n) is 0.849. The molecule has 0 aromatic rings. The minimum Gasteiger partial charge on any atom is -0.288 e. The van der Waals surface area contributed by atoms with Crippen LogP contribution in [0.3, 0.4) is 0 Å². The largest absolute Gasteiger partial charge is 0.422 e. The topological polar surface area (TPSA) is 17.1 Å². The van der Waals surface area contributed by atoms with Crippen molar-refractivity contribution in [2.75, 3.05) is 5.75 Å². The summed E-state index contributed by atoms with van der Waals surface area (Å²) in [6.45, 7) is 1.06. The lowest BCUT2D eigenvalue weighted by atomic mass is 10.1. The standard InChI is InChI=1S/C8H9F7OS/c1-4(16)17-3-2-7(11,12)5(9)6(10)8(13,14)15/h5-6H,2-3H2,1H3. The number of hydrogen-bond donors (Lipinski definition) is 0. The zero-order chi connectivity index (χ0) is 13.9. The summed E-state index contributed by atoms with van der Waals surface area (Å²) >= 11 is 0.405. The average Bonchev–Trinajstić information content (AvgIpc) is 2.13. The van der Waals surface area contributed by atoms with Crippen LogP contribution in [0.4, 0.5) is 30.7 Å². The third kappa shape index (κ3) is 5.60. The lowest BCUT2D eigenvalue weighted by molar-refractivity contribution is -0.226. The van der Waals surface area contributed by atoms with Gasteiger partial charge >= 0.3 is 6.18 Å². The summed E-state index contributed by atoms with van der Waals surface area (Å²) < 4.78 is 85.6. The molecule has 0 aromatic carbocycles. The first-order valence-corrected chi connectivity index (χ1v) is 5.33. The Hall–Kier alpha value is -0.470. The van der Waals surface area contributed by atoms with Gasteiger partial charge in [0.25, 0.3) is 5.92 Å². The molecule has 0 N–H and O–H groups in total. The summed E-state index contributed by atoms with van der Waals surface area (Å²) in [6.07, 6.45) is -15.2. The van der Waals surface area contributed by atoms with Crippen molar-refractivity contribution in [2.45, 2.75) is 37.8 Å². The highest BCUT2D eigenvalue weighted by molar-refractivity contribution is 8.13. The van der Waals surface area contributed by atoms with E-state index < -0.39 is 41.7 Å². The lowest BCUT2D eigenvalue weighted by Crippen LogP contribution is -2.45. The highest BCUT2D eigenvalue weighted by Crippen LogP contribution is 2.36. The van der Waals surface area contributed by atoms with Gasteiger partial charge in [0.15, 0.2) is 5.12 Å². The van der Waals surface area contributed by atoms with Crippen molar-refractivity contribution in [1.29, 1.82) is 0 Å². The van der Waals surface area contributed by atoms with Crippen LogP contribution in [0.2, 0.25) is 0 Å². The molecule has 0 saturated heterocycles. The van der Waals surface area contributed by atoms with Crippen LogP contribution in [0.5, 0.6) is 0 Å². The summed E-state index contributed by atoms with van der Waals surface area (Å²) in [5, 5.41) is -0.538. The molecular weight excluding hydrogens is 277 g/mol. The molecule has 0 fully saturated rings. The number of thioether (sulfide) groups is 1. The van der Waals surface area contributed by atoms with Gasteiger partial charge in [-0.05, 0) is 0 Å². The first-order valence-electron chi connectivity index (χ1n) is 4.34. The molecule has 17 heavy (non-hydrogen) atoms. The third-order valence-corrected chi connectivity index (χ3v) is 2.53. The highest BCUT2D eigenvalue weighted by Gasteiger charge is 2.55. The maximum absolute atomic E-state index is 12.8. The number of rotatable bonds is 5. The molecule has 2 unspecified atom stereocenters. The van der Waals surface area contributed by atoms with Crippen molar-refractivity contribution < 1.29 is 35.5 Å². The van der Waals surface area contributed by atoms with E-state index in [0.717, 1.165) is 6.92 Å². The molecule has 0 aromatic heterocycles. The van der Waals surface area contributed by atoms with Crippen LogP contribution in [-0.2, 0) is 4.79 Å². The van der Waals surface area contributed by atoms with E-state index in [9.17, 15) is 35.5 Å². The summed E-state index contributed by atoms with van der Waals surface area (Å²) in [7, 11) is 0. The van der Waals surface area contributed by atoms with Gasteiger partial charge in [-0.1, -0.05) is 11.8 Å². The van der Waals surface area contributed by atoms with Crippen LogP contribution < -0.4 is 0 Å². The van der Waals surface area contributed by atoms with Crippen LogP contribution >= 0.6 is 11.8 Å². The molecule has 0 radical (unpaired) electrons. The van der Waals surface area contributed by atoms with Gasteiger partial charge < -0.3 is 0 Å². The van der Waals surface area contributed by atoms with Crippen molar-refractivity contribution in [3.05, 3.63) is 0 Å². The van der Waals surface area contributed by atoms with Crippen LogP contribution in [-0.4, -0.2) is 35.3 Å². The van der Waals surface area contributed by atoms with Gasteiger partial charge in [-0.15, -0.1) is 0 Å². The molecule has 0 aliphatic carbocycles. The maximum atomic E-state index is 12.8. The minimum absolute atomic E-state index is 0.405. The predicted molar refractivity (Wildman–Crippen MR) is 48.6 cm³/mol. The first kappa shape index (κ1) is 16.5. The second kappa shape index (κ2) is 5.92. The molecule has 0 amide bonds. The third-order valence-electron chi connectivity index (χ3n) is 1.71. The quantitative estimate of drug-likeness (QED) is 0.719. The van der Waals surface area contributed by atoms with Gasteiger partial charge in [0.1, 0.15) is 0 Å². The molecular formula is C8H9F7OS. The molecule has 1 nitrogen and oxygen atoms in total. The monoisotopic (exact) mass is 286 g/mol. The second-order valence-electron chi connectivity index (χ2n) is 3.20. The van der Waals surface area contributed by atoms with Gasteiger partial charge in [-0.3, -0.25) is 4.79 Å². The Bertz CT molecular complexity index is 265. The van der Waals surface area contributed by atoms with E-state index in [1.165, 1.54) is 0 Å². The van der Waals surface area contributed by atoms with Gasteiger partial charge in [0.2, 0.25) is 12.3 Å². The molecule has 0 aliphatic rings. The van der Waals surface area contributed by atoms with Crippen LogP contribution in [0.15, 0.2) is 0 Å². The zero-order valence-electron chi connectivity index (χ0n) is 8.53. The Morgan fingerprint density at radius 2 is 1.59 bits per heavy atom. The van der Waals surface area contributed by atoms with E-state index in [4.69, 9.17) is 0 Å². The summed E-state index contributed by atoms with van der Waals surface area (Å²) in [6, 6.07) is 0. The summed E-state index contributed by atoms with van der Waals surface area (Å²) in [4.78, 5) is 10.4. The molecule has 0 aliphatic heterocycles. The van der Waals surface area contributed by atoms with Crippen molar-refractivity contribution in [3.8, 4) is 0 Å². The number of carbonyl (C=O) groups is 1. The smallest absolute Gasteiger partial charge is 0.288 e. The van der Waals surface area contributed by atoms with E-state index in [0.29, 0.717) is 11.8 Å². The van der Waals surface area contributed by atoms with Crippen molar-refractivity contribution in [1.82, 2.24) is 0 Å². The molecule has 0 saturated carbocycles. The van der Waals surface area contributed by atoms with E-state index >= 15 is 0 Å². The molecule has 0 heterocycles. The number of carbonyl (C=O) groups excluding carboxylic acids is 1. The van der Waals surface area contributed by atoms with Gasteiger partial charge in [-0.2, -0.15) is 13.2 Å². The molecule has 2 atom stereocenters. The molecule has 0 bridgehead atoms. The number of halogens is 7. The summed E-state index contributed by atoms with van der Waals surface area (Å²) in [5.74, 6) is -5.04. The number of hydrogen-bond acceptors (Lipinski definition) is 2. The lowest BCUT2D eigenvalue weighted by Gasteiger charge is -2.24. The van der Waals surface area contributed by atoms with E-state index in [1.807, 2.05) is 0 Å². The van der Waals surface area contributed by atoms with Gasteiger partial charge in [-0.25, -0.2) is 17.6 Å². The van der Waals surface area contributed by atoms with Crippen molar-refractivity contribution in [3.63, 3.8) is 0 Å². The van der Waals surface area contributed by atoms with Crippen LogP contribution in [0, 0.1) is 0 Å². The molecule has 0 rings (SSSR count). The van der Waals surface area contributed by atoms with E-state index in [1.54, 1.807) is 0 Å². The Labute approximate surface area is 96.7 Å². The second-order valence-corrected chi connectivity index (χ2v) is 4.47.